The van der Waals surface area contributed by atoms with Crippen molar-refractivity contribution in [2.24, 2.45) is 11.7 Å². The summed E-state index contributed by atoms with van der Waals surface area (Å²) in [5, 5.41) is 6.30. The molecule has 0 radical (unpaired) electrons. The maximum Gasteiger partial charge on any atom is 0.253 e. The first-order chi connectivity index (χ1) is 12.1. The molecule has 2 amide bonds. The Balaban J connectivity index is 0.00000338. The van der Waals surface area contributed by atoms with Crippen molar-refractivity contribution >= 4 is 47.6 Å². The number of carbonyl (C=O) groups excluding carboxylic acids is 2. The molecule has 26 heavy (non-hydrogen) atoms. The first-order valence-corrected chi connectivity index (χ1v) is 10.4. The van der Waals surface area contributed by atoms with Crippen LogP contribution >= 0.6 is 35.8 Å². The second-order valence-corrected chi connectivity index (χ2v) is 7.72. The summed E-state index contributed by atoms with van der Waals surface area (Å²) in [6, 6.07) is 6.37. The van der Waals surface area contributed by atoms with Gasteiger partial charge in [0.05, 0.1) is 10.6 Å². The Morgan fingerprint density at radius 2 is 2.08 bits per heavy atom. The number of amides is 2. The Morgan fingerprint density at radius 1 is 1.35 bits per heavy atom. The van der Waals surface area contributed by atoms with E-state index >= 15 is 0 Å². The average molecular weight is 420 g/mol. The maximum atomic E-state index is 12.7. The molecule has 5 nitrogen and oxygen atoms in total. The highest BCUT2D eigenvalue weighted by molar-refractivity contribution is 7.98. The van der Waals surface area contributed by atoms with E-state index in [2.05, 4.69) is 10.6 Å². The highest BCUT2D eigenvalue weighted by Gasteiger charge is 2.30. The Hall–Kier alpha value is -0.950. The third kappa shape index (κ3) is 6.34. The van der Waals surface area contributed by atoms with E-state index in [1.807, 2.05) is 6.26 Å². The molecule has 0 saturated heterocycles. The smallest absolute Gasteiger partial charge is 0.253 e. The zero-order chi connectivity index (χ0) is 18.2. The van der Waals surface area contributed by atoms with Gasteiger partial charge in [-0.05, 0) is 55.9 Å². The van der Waals surface area contributed by atoms with Crippen LogP contribution in [0.1, 0.15) is 36.0 Å². The maximum absolute atomic E-state index is 12.7. The minimum atomic E-state index is -0.574. The molecule has 1 fully saturated rings. The lowest BCUT2D eigenvalue weighted by Crippen LogP contribution is -2.51. The molecule has 8 heteroatoms. The minimum Gasteiger partial charge on any atom is -0.351 e. The topological polar surface area (TPSA) is 84.2 Å². The van der Waals surface area contributed by atoms with Gasteiger partial charge in [-0.15, -0.1) is 12.4 Å². The summed E-state index contributed by atoms with van der Waals surface area (Å²) in [6.07, 6.45) is 5.62. The van der Waals surface area contributed by atoms with Gasteiger partial charge in [-0.25, -0.2) is 0 Å². The lowest BCUT2D eigenvalue weighted by atomic mass is 10.0. The molecular weight excluding hydrogens is 393 g/mol. The predicted molar refractivity (Wildman–Crippen MR) is 111 cm³/mol. The van der Waals surface area contributed by atoms with Gasteiger partial charge in [-0.1, -0.05) is 30.2 Å². The molecule has 0 bridgehead atoms. The number of hydrogen-bond acceptors (Lipinski definition) is 4. The highest BCUT2D eigenvalue weighted by Crippen LogP contribution is 2.24. The van der Waals surface area contributed by atoms with E-state index in [1.54, 1.807) is 36.0 Å². The fourth-order valence-corrected chi connectivity index (χ4v) is 3.87. The summed E-state index contributed by atoms with van der Waals surface area (Å²) in [7, 11) is 0. The molecule has 4 N–H and O–H groups in total. The van der Waals surface area contributed by atoms with E-state index in [0.717, 1.165) is 25.0 Å². The average Bonchev–Trinajstić information content (AvgIpc) is 3.05. The van der Waals surface area contributed by atoms with E-state index in [9.17, 15) is 9.59 Å². The summed E-state index contributed by atoms with van der Waals surface area (Å²) in [4.78, 5) is 25.2. The van der Waals surface area contributed by atoms with Gasteiger partial charge in [0, 0.05) is 6.04 Å². The van der Waals surface area contributed by atoms with Crippen molar-refractivity contribution in [3.05, 3.63) is 34.9 Å². The predicted octanol–water partition coefficient (Wildman–Crippen LogP) is 2.86. The Labute approximate surface area is 170 Å². The molecule has 0 aliphatic heterocycles. The van der Waals surface area contributed by atoms with Gasteiger partial charge >= 0.3 is 0 Å². The van der Waals surface area contributed by atoms with E-state index < -0.39 is 6.04 Å². The summed E-state index contributed by atoms with van der Waals surface area (Å²) in [5.41, 5.74) is 6.17. The molecule has 3 atom stereocenters. The molecule has 1 aliphatic rings. The van der Waals surface area contributed by atoms with E-state index in [1.165, 1.54) is 0 Å². The number of thioether (sulfide) groups is 1. The molecule has 0 spiro atoms. The van der Waals surface area contributed by atoms with Crippen molar-refractivity contribution in [1.29, 1.82) is 0 Å². The first kappa shape index (κ1) is 23.1. The number of benzene rings is 1. The van der Waals surface area contributed by atoms with Crippen LogP contribution in [0.15, 0.2) is 24.3 Å². The van der Waals surface area contributed by atoms with Gasteiger partial charge in [-0.2, -0.15) is 11.8 Å². The van der Waals surface area contributed by atoms with Gasteiger partial charge in [0.1, 0.15) is 6.04 Å². The molecule has 1 aliphatic carbocycles. The molecule has 0 aromatic heterocycles. The quantitative estimate of drug-likeness (QED) is 0.604. The van der Waals surface area contributed by atoms with Crippen molar-refractivity contribution in [2.45, 2.75) is 37.8 Å². The molecule has 1 aromatic carbocycles. The second-order valence-electron chi connectivity index (χ2n) is 6.33. The molecule has 1 saturated carbocycles. The molecule has 3 unspecified atom stereocenters. The van der Waals surface area contributed by atoms with E-state index in [-0.39, 0.29) is 30.3 Å². The van der Waals surface area contributed by atoms with Crippen molar-refractivity contribution in [1.82, 2.24) is 10.6 Å². The van der Waals surface area contributed by atoms with Gasteiger partial charge in [-0.3, -0.25) is 9.59 Å². The lowest BCUT2D eigenvalue weighted by Gasteiger charge is -2.24. The Kier molecular flexibility index (Phi) is 10.4. The minimum absolute atomic E-state index is 0. The van der Waals surface area contributed by atoms with Gasteiger partial charge in [0.15, 0.2) is 0 Å². The monoisotopic (exact) mass is 419 g/mol. The van der Waals surface area contributed by atoms with Crippen LogP contribution in [-0.2, 0) is 4.79 Å². The van der Waals surface area contributed by atoms with Crippen LogP contribution in [0.3, 0.4) is 0 Å². The van der Waals surface area contributed by atoms with Crippen LogP contribution in [0.2, 0.25) is 5.02 Å². The standard InChI is InChI=1S/C18H26ClN3O2S.ClH/c1-25-10-9-16(18(24)21-15-8-4-5-12(15)11-20)22-17(23)13-6-2-3-7-14(13)19;/h2-3,6-7,12,15-16H,4-5,8-11,20H2,1H3,(H,21,24)(H,22,23);1H. The van der Waals surface area contributed by atoms with Crippen LogP contribution in [0.25, 0.3) is 0 Å². The third-order valence-corrected chi connectivity index (χ3v) is 5.61. The highest BCUT2D eigenvalue weighted by atomic mass is 35.5. The fraction of sp³-hybridized carbons (Fsp3) is 0.556. The van der Waals surface area contributed by atoms with Crippen LogP contribution < -0.4 is 16.4 Å². The zero-order valence-corrected chi connectivity index (χ0v) is 17.3. The zero-order valence-electron chi connectivity index (χ0n) is 14.9. The molecule has 1 aromatic rings. The summed E-state index contributed by atoms with van der Waals surface area (Å²) >= 11 is 7.73. The fourth-order valence-electron chi connectivity index (χ4n) is 3.18. The molecule has 0 heterocycles. The number of rotatable bonds is 8. The summed E-state index contributed by atoms with van der Waals surface area (Å²) in [5.74, 6) is 0.643. The number of halogens is 2. The number of carbonyl (C=O) groups is 2. The number of nitrogens with one attached hydrogen (secondary N) is 2. The Morgan fingerprint density at radius 3 is 2.73 bits per heavy atom. The summed E-state index contributed by atoms with van der Waals surface area (Å²) in [6.45, 7) is 0.576. The normalized spacial score (nSPS) is 20.1. The SMILES string of the molecule is CSCCC(NC(=O)c1ccccc1Cl)C(=O)NC1CCCC1CN.Cl. The van der Waals surface area contributed by atoms with Crippen molar-refractivity contribution in [3.63, 3.8) is 0 Å². The number of nitrogens with two attached hydrogens (primary N) is 1. The van der Waals surface area contributed by atoms with Gasteiger partial charge < -0.3 is 16.4 Å². The van der Waals surface area contributed by atoms with Gasteiger partial charge in [0.25, 0.3) is 5.91 Å². The van der Waals surface area contributed by atoms with Gasteiger partial charge in [0.2, 0.25) is 5.91 Å². The summed E-state index contributed by atoms with van der Waals surface area (Å²) < 4.78 is 0. The van der Waals surface area contributed by atoms with Crippen LogP contribution in [0.5, 0.6) is 0 Å². The first-order valence-electron chi connectivity index (χ1n) is 8.61. The third-order valence-electron chi connectivity index (χ3n) is 4.64. The Bertz CT molecular complexity index is 604. The van der Waals surface area contributed by atoms with Crippen LogP contribution in [0.4, 0.5) is 0 Å². The molecule has 2 rings (SSSR count). The number of hydrogen-bond donors (Lipinski definition) is 3. The molecular formula is C18H27Cl2N3O2S. The largest absolute Gasteiger partial charge is 0.351 e. The van der Waals surface area contributed by atoms with Crippen molar-refractivity contribution < 1.29 is 9.59 Å². The second kappa shape index (κ2) is 11.7. The van der Waals surface area contributed by atoms with Crippen molar-refractivity contribution in [3.8, 4) is 0 Å². The van der Waals surface area contributed by atoms with Crippen LogP contribution in [-0.4, -0.2) is 42.5 Å². The lowest BCUT2D eigenvalue weighted by molar-refractivity contribution is -0.123. The van der Waals surface area contributed by atoms with E-state index in [0.29, 0.717) is 29.5 Å². The van der Waals surface area contributed by atoms with Crippen molar-refractivity contribution in [2.75, 3.05) is 18.6 Å². The van der Waals surface area contributed by atoms with E-state index in [4.69, 9.17) is 17.3 Å². The van der Waals surface area contributed by atoms with Crippen LogP contribution in [0, 0.1) is 5.92 Å². The molecule has 146 valence electrons.